The van der Waals surface area contributed by atoms with Crippen LogP contribution in [-0.2, 0) is 19.7 Å². The summed E-state index contributed by atoms with van der Waals surface area (Å²) in [7, 11) is -4.37. The van der Waals surface area contributed by atoms with Gasteiger partial charge in [0.1, 0.15) is 0 Å². The van der Waals surface area contributed by atoms with Crippen LogP contribution in [0.2, 0.25) is 0 Å². The summed E-state index contributed by atoms with van der Waals surface area (Å²) in [4.78, 5) is 24.7. The third-order valence-corrected chi connectivity index (χ3v) is 4.87. The van der Waals surface area contributed by atoms with E-state index in [4.69, 9.17) is 4.55 Å². The molecule has 116 valence electrons. The Morgan fingerprint density at radius 1 is 1.24 bits per heavy atom. The van der Waals surface area contributed by atoms with Gasteiger partial charge in [0.15, 0.2) is 0 Å². The van der Waals surface area contributed by atoms with Crippen molar-refractivity contribution in [2.45, 2.75) is 31.6 Å². The van der Waals surface area contributed by atoms with E-state index in [0.29, 0.717) is 3.57 Å². The molecule has 0 aliphatic carbocycles. The third-order valence-electron chi connectivity index (χ3n) is 2.62. The third kappa shape index (κ3) is 4.24. The van der Waals surface area contributed by atoms with Gasteiger partial charge < -0.3 is 0 Å². The number of carbonyl (C=O) groups is 2. The molecule has 0 aliphatic heterocycles. The second-order valence-electron chi connectivity index (χ2n) is 4.04. The summed E-state index contributed by atoms with van der Waals surface area (Å²) >= 11 is 4.97. The predicted molar refractivity (Wildman–Crippen MR) is 89.7 cm³/mol. The van der Waals surface area contributed by atoms with E-state index < -0.39 is 10.1 Å². The molecule has 0 heterocycles. The molecule has 1 aromatic carbocycles. The lowest BCUT2D eigenvalue weighted by Crippen LogP contribution is -2.37. The van der Waals surface area contributed by atoms with Gasteiger partial charge in [-0.25, -0.2) is 4.90 Å². The average molecular weight is 490 g/mol. The minimum Gasteiger partial charge on any atom is -0.282 e. The zero-order valence-electron chi connectivity index (χ0n) is 11.3. The summed E-state index contributed by atoms with van der Waals surface area (Å²) in [6.45, 7) is 3.26. The van der Waals surface area contributed by atoms with Gasteiger partial charge in [-0.15, -0.1) is 0 Å². The fourth-order valence-corrected chi connectivity index (χ4v) is 4.38. The minimum absolute atomic E-state index is 0.133. The van der Waals surface area contributed by atoms with Crippen molar-refractivity contribution in [3.05, 3.63) is 20.2 Å². The van der Waals surface area contributed by atoms with Crippen molar-refractivity contribution in [1.29, 1.82) is 0 Å². The SMILES string of the molecule is CCC(=O)N(C(=O)CC)c1c(Br)cc(S(=O)(=O)O)cc1I. The number of imide groups is 1. The Kier molecular flexibility index (Phi) is 6.32. The molecule has 0 bridgehead atoms. The van der Waals surface area contributed by atoms with E-state index in [-0.39, 0.29) is 39.7 Å². The van der Waals surface area contributed by atoms with Gasteiger partial charge in [0.05, 0.1) is 10.6 Å². The number of nitrogens with zero attached hydrogens (tertiary/aromatic N) is 1. The molecule has 21 heavy (non-hydrogen) atoms. The topological polar surface area (TPSA) is 91.8 Å². The van der Waals surface area contributed by atoms with Crippen LogP contribution in [0.4, 0.5) is 5.69 Å². The van der Waals surface area contributed by atoms with Crippen molar-refractivity contribution in [3.8, 4) is 0 Å². The van der Waals surface area contributed by atoms with Crippen molar-refractivity contribution < 1.29 is 22.6 Å². The van der Waals surface area contributed by atoms with Crippen LogP contribution >= 0.6 is 38.5 Å². The second kappa shape index (κ2) is 7.16. The van der Waals surface area contributed by atoms with Crippen molar-refractivity contribution in [3.63, 3.8) is 0 Å². The zero-order valence-corrected chi connectivity index (χ0v) is 15.8. The Labute approximate surface area is 144 Å². The van der Waals surface area contributed by atoms with Gasteiger partial charge in [0, 0.05) is 20.9 Å². The molecule has 0 fully saturated rings. The van der Waals surface area contributed by atoms with Gasteiger partial charge in [-0.05, 0) is 50.7 Å². The second-order valence-corrected chi connectivity index (χ2v) is 7.48. The minimum atomic E-state index is -4.37. The van der Waals surface area contributed by atoms with Gasteiger partial charge in [0.25, 0.3) is 10.1 Å². The number of hydrogen-bond acceptors (Lipinski definition) is 4. The monoisotopic (exact) mass is 489 g/mol. The highest BCUT2D eigenvalue weighted by Gasteiger charge is 2.26. The van der Waals surface area contributed by atoms with Crippen LogP contribution in [0.25, 0.3) is 0 Å². The van der Waals surface area contributed by atoms with Gasteiger partial charge in [-0.3, -0.25) is 14.1 Å². The van der Waals surface area contributed by atoms with Crippen molar-refractivity contribution in [1.82, 2.24) is 0 Å². The standard InChI is InChI=1S/C12H13BrINO5S/c1-3-10(16)15(11(17)4-2)12-8(13)5-7(6-9(12)14)21(18,19)20/h5-6H,3-4H2,1-2H3,(H,18,19,20). The van der Waals surface area contributed by atoms with Crippen LogP contribution in [0.15, 0.2) is 21.5 Å². The molecule has 9 heteroatoms. The van der Waals surface area contributed by atoms with E-state index in [0.717, 1.165) is 11.0 Å². The van der Waals surface area contributed by atoms with E-state index in [9.17, 15) is 18.0 Å². The van der Waals surface area contributed by atoms with E-state index in [1.165, 1.54) is 6.07 Å². The first kappa shape index (κ1) is 18.5. The maximum atomic E-state index is 12.0. The Balaban J connectivity index is 3.54. The molecule has 0 atom stereocenters. The summed E-state index contributed by atoms with van der Waals surface area (Å²) in [5.41, 5.74) is 0.279. The molecule has 0 saturated carbocycles. The Morgan fingerprint density at radius 3 is 2.05 bits per heavy atom. The van der Waals surface area contributed by atoms with Gasteiger partial charge in [-0.1, -0.05) is 13.8 Å². The lowest BCUT2D eigenvalue weighted by atomic mass is 10.2. The lowest BCUT2D eigenvalue weighted by molar-refractivity contribution is -0.126. The predicted octanol–water partition coefficient (Wildman–Crippen LogP) is 2.98. The number of amides is 2. The highest BCUT2D eigenvalue weighted by Crippen LogP contribution is 2.35. The van der Waals surface area contributed by atoms with E-state index in [1.807, 2.05) is 22.6 Å². The van der Waals surface area contributed by atoms with E-state index >= 15 is 0 Å². The number of rotatable bonds is 4. The largest absolute Gasteiger partial charge is 0.294 e. The Bertz CT molecular complexity index is 650. The van der Waals surface area contributed by atoms with Crippen LogP contribution in [0.3, 0.4) is 0 Å². The summed E-state index contributed by atoms with van der Waals surface area (Å²) in [6, 6.07) is 2.36. The molecular formula is C12H13BrINO5S. The number of carbonyl (C=O) groups excluding carboxylic acids is 2. The fourth-order valence-electron chi connectivity index (χ4n) is 1.61. The smallest absolute Gasteiger partial charge is 0.282 e. The number of benzene rings is 1. The Morgan fingerprint density at radius 2 is 1.71 bits per heavy atom. The number of hydrogen-bond donors (Lipinski definition) is 1. The maximum Gasteiger partial charge on any atom is 0.294 e. The van der Waals surface area contributed by atoms with Crippen LogP contribution in [-0.4, -0.2) is 24.8 Å². The van der Waals surface area contributed by atoms with E-state index in [2.05, 4.69) is 15.9 Å². The van der Waals surface area contributed by atoms with Crippen LogP contribution in [0.5, 0.6) is 0 Å². The highest BCUT2D eigenvalue weighted by atomic mass is 127. The van der Waals surface area contributed by atoms with Crippen LogP contribution in [0, 0.1) is 3.57 Å². The molecule has 0 unspecified atom stereocenters. The molecule has 0 saturated heterocycles. The first-order chi connectivity index (χ1) is 9.63. The maximum absolute atomic E-state index is 12.0. The van der Waals surface area contributed by atoms with Crippen LogP contribution in [0.1, 0.15) is 26.7 Å². The molecule has 0 spiro atoms. The van der Waals surface area contributed by atoms with E-state index in [1.54, 1.807) is 13.8 Å². The van der Waals surface area contributed by atoms with Crippen LogP contribution < -0.4 is 4.90 Å². The molecular weight excluding hydrogens is 477 g/mol. The molecule has 2 amide bonds. The normalized spacial score (nSPS) is 11.3. The van der Waals surface area contributed by atoms with Crippen molar-refractivity contribution >= 4 is 66.1 Å². The summed E-state index contributed by atoms with van der Waals surface area (Å²) in [5.74, 6) is -0.778. The summed E-state index contributed by atoms with van der Waals surface area (Å²) < 4.78 is 32.0. The number of anilines is 1. The number of halogens is 2. The molecule has 1 rings (SSSR count). The van der Waals surface area contributed by atoms with Gasteiger partial charge >= 0.3 is 0 Å². The van der Waals surface area contributed by atoms with Crippen molar-refractivity contribution in [2.75, 3.05) is 4.90 Å². The summed E-state index contributed by atoms with van der Waals surface area (Å²) in [6.07, 6.45) is 0.266. The van der Waals surface area contributed by atoms with Gasteiger partial charge in [0.2, 0.25) is 11.8 Å². The highest BCUT2D eigenvalue weighted by molar-refractivity contribution is 14.1. The molecule has 0 aliphatic rings. The first-order valence-electron chi connectivity index (χ1n) is 5.95. The molecule has 6 nitrogen and oxygen atoms in total. The average Bonchev–Trinajstić information content (AvgIpc) is 2.39. The molecule has 0 radical (unpaired) electrons. The quantitative estimate of drug-likeness (QED) is 0.518. The summed E-state index contributed by atoms with van der Waals surface area (Å²) in [5, 5.41) is 0. The molecule has 0 aromatic heterocycles. The Hall–Kier alpha value is -0.520. The molecule has 1 aromatic rings. The fraction of sp³-hybridized carbons (Fsp3) is 0.333. The lowest BCUT2D eigenvalue weighted by Gasteiger charge is -2.23. The first-order valence-corrected chi connectivity index (χ1v) is 9.26. The van der Waals surface area contributed by atoms with Crippen molar-refractivity contribution in [2.24, 2.45) is 0 Å². The molecule has 1 N–H and O–H groups in total. The zero-order chi connectivity index (χ0) is 16.4. The van der Waals surface area contributed by atoms with Gasteiger partial charge in [-0.2, -0.15) is 8.42 Å².